The number of nitrogens with one attached hydrogen (secondary N) is 2. The average Bonchev–Trinajstić information content (AvgIpc) is 2.66. The maximum absolute atomic E-state index is 11.9. The maximum atomic E-state index is 11.9. The van der Waals surface area contributed by atoms with Gasteiger partial charge in [-0.05, 0) is 31.5 Å². The summed E-state index contributed by atoms with van der Waals surface area (Å²) in [7, 11) is 0. The van der Waals surface area contributed by atoms with E-state index in [1.165, 1.54) is 0 Å². The molecule has 1 unspecified atom stereocenters. The van der Waals surface area contributed by atoms with Gasteiger partial charge >= 0.3 is 5.69 Å². The van der Waals surface area contributed by atoms with Gasteiger partial charge in [-0.3, -0.25) is 9.55 Å². The second kappa shape index (κ2) is 3.75. The zero-order valence-corrected chi connectivity index (χ0v) is 8.94. The number of imidazole rings is 1. The van der Waals surface area contributed by atoms with Gasteiger partial charge in [0.05, 0.1) is 11.6 Å². The Morgan fingerprint density at radius 2 is 2.44 bits per heavy atom. The zero-order chi connectivity index (χ0) is 11.0. The number of nitrogens with zero attached hydrogens (tertiary/aromatic N) is 2. The third-order valence-corrected chi connectivity index (χ3v) is 3.13. The maximum Gasteiger partial charge on any atom is 0.327 e. The molecule has 0 aliphatic carbocycles. The van der Waals surface area contributed by atoms with Crippen molar-refractivity contribution in [3.05, 3.63) is 28.8 Å². The lowest BCUT2D eigenvalue weighted by Crippen LogP contribution is -2.35. The molecule has 84 valence electrons. The molecule has 1 aliphatic heterocycles. The van der Waals surface area contributed by atoms with Crippen LogP contribution < -0.4 is 11.0 Å². The molecule has 0 spiro atoms. The number of fused-ring (bicyclic) bond motifs is 1. The molecule has 5 heteroatoms. The van der Waals surface area contributed by atoms with Crippen LogP contribution >= 0.6 is 0 Å². The molecule has 0 saturated carbocycles. The summed E-state index contributed by atoms with van der Waals surface area (Å²) in [5, 5.41) is 3.32. The summed E-state index contributed by atoms with van der Waals surface area (Å²) in [6.07, 6.45) is 3.86. The minimum absolute atomic E-state index is 0.0533. The van der Waals surface area contributed by atoms with Gasteiger partial charge in [-0.15, -0.1) is 0 Å². The highest BCUT2D eigenvalue weighted by atomic mass is 16.1. The van der Waals surface area contributed by atoms with Crippen LogP contribution in [0.15, 0.2) is 23.1 Å². The van der Waals surface area contributed by atoms with Crippen LogP contribution in [0.25, 0.3) is 11.2 Å². The fraction of sp³-hybridized carbons (Fsp3) is 0.455. The van der Waals surface area contributed by atoms with Crippen molar-refractivity contribution in [3.63, 3.8) is 0 Å². The van der Waals surface area contributed by atoms with Crippen LogP contribution in [0.4, 0.5) is 0 Å². The molecular weight excluding hydrogens is 204 g/mol. The van der Waals surface area contributed by atoms with Crippen molar-refractivity contribution in [2.75, 3.05) is 13.1 Å². The number of piperidine rings is 1. The van der Waals surface area contributed by atoms with E-state index < -0.39 is 0 Å². The van der Waals surface area contributed by atoms with Crippen molar-refractivity contribution in [1.29, 1.82) is 0 Å². The molecule has 3 heterocycles. The SMILES string of the molecule is O=c1[nH]c2ncccc2n1C1CCCNC1. The number of aromatic amines is 1. The summed E-state index contributed by atoms with van der Waals surface area (Å²) in [6.45, 7) is 1.91. The van der Waals surface area contributed by atoms with E-state index in [0.717, 1.165) is 31.4 Å². The molecule has 1 aliphatic rings. The minimum Gasteiger partial charge on any atom is -0.315 e. The molecule has 1 atom stereocenters. The molecule has 1 fully saturated rings. The molecule has 1 saturated heterocycles. The molecule has 0 radical (unpaired) electrons. The van der Waals surface area contributed by atoms with E-state index >= 15 is 0 Å². The van der Waals surface area contributed by atoms with Gasteiger partial charge in [0, 0.05) is 12.7 Å². The van der Waals surface area contributed by atoms with Crippen LogP contribution in [0, 0.1) is 0 Å². The number of pyridine rings is 1. The molecule has 3 rings (SSSR count). The second-order valence-corrected chi connectivity index (χ2v) is 4.17. The lowest BCUT2D eigenvalue weighted by atomic mass is 10.1. The predicted octanol–water partition coefficient (Wildman–Crippen LogP) is 0.649. The summed E-state index contributed by atoms with van der Waals surface area (Å²) >= 11 is 0. The Kier molecular flexibility index (Phi) is 2.25. The van der Waals surface area contributed by atoms with Gasteiger partial charge < -0.3 is 5.32 Å². The van der Waals surface area contributed by atoms with E-state index in [-0.39, 0.29) is 11.7 Å². The van der Waals surface area contributed by atoms with Crippen molar-refractivity contribution >= 4 is 11.2 Å². The fourth-order valence-corrected chi connectivity index (χ4v) is 2.37. The standard InChI is InChI=1S/C11H14N4O/c16-11-14-10-9(4-2-6-13-10)15(11)8-3-1-5-12-7-8/h2,4,6,8,12H,1,3,5,7H2,(H,13,14,16). The molecule has 2 aromatic heterocycles. The van der Waals surface area contributed by atoms with Crippen LogP contribution in [0.5, 0.6) is 0 Å². The Hall–Kier alpha value is -1.62. The smallest absolute Gasteiger partial charge is 0.315 e. The predicted molar refractivity (Wildman–Crippen MR) is 61.5 cm³/mol. The van der Waals surface area contributed by atoms with E-state index in [1.54, 1.807) is 6.20 Å². The first-order valence-corrected chi connectivity index (χ1v) is 5.62. The highest BCUT2D eigenvalue weighted by Gasteiger charge is 2.19. The number of hydrogen-bond donors (Lipinski definition) is 2. The third-order valence-electron chi connectivity index (χ3n) is 3.13. The van der Waals surface area contributed by atoms with Gasteiger partial charge in [-0.2, -0.15) is 0 Å². The van der Waals surface area contributed by atoms with Crippen LogP contribution in [0.2, 0.25) is 0 Å². The number of H-pyrrole nitrogens is 1. The molecule has 16 heavy (non-hydrogen) atoms. The van der Waals surface area contributed by atoms with Crippen LogP contribution in [0.3, 0.4) is 0 Å². The van der Waals surface area contributed by atoms with E-state index in [0.29, 0.717) is 5.65 Å². The number of aromatic nitrogens is 3. The molecule has 0 bridgehead atoms. The van der Waals surface area contributed by atoms with Crippen molar-refractivity contribution in [1.82, 2.24) is 19.9 Å². The van der Waals surface area contributed by atoms with Gasteiger partial charge in [0.15, 0.2) is 5.65 Å². The van der Waals surface area contributed by atoms with Crippen molar-refractivity contribution in [2.24, 2.45) is 0 Å². The highest BCUT2D eigenvalue weighted by molar-refractivity contribution is 5.70. The Morgan fingerprint density at radius 3 is 3.25 bits per heavy atom. The van der Waals surface area contributed by atoms with Crippen LogP contribution in [0.1, 0.15) is 18.9 Å². The van der Waals surface area contributed by atoms with Crippen LogP contribution in [-0.2, 0) is 0 Å². The Balaban J connectivity index is 2.14. The summed E-state index contributed by atoms with van der Waals surface area (Å²) < 4.78 is 1.83. The number of hydrogen-bond acceptors (Lipinski definition) is 3. The largest absolute Gasteiger partial charge is 0.327 e. The third kappa shape index (κ3) is 1.44. The highest BCUT2D eigenvalue weighted by Crippen LogP contribution is 2.18. The molecule has 5 nitrogen and oxygen atoms in total. The van der Waals surface area contributed by atoms with Gasteiger partial charge in [0.25, 0.3) is 0 Å². The van der Waals surface area contributed by atoms with E-state index in [9.17, 15) is 4.79 Å². The normalized spacial score (nSPS) is 21.4. The topological polar surface area (TPSA) is 62.7 Å². The van der Waals surface area contributed by atoms with Gasteiger partial charge in [0.1, 0.15) is 0 Å². The first-order valence-electron chi connectivity index (χ1n) is 5.62. The fourth-order valence-electron chi connectivity index (χ4n) is 2.37. The minimum atomic E-state index is -0.0533. The van der Waals surface area contributed by atoms with Crippen molar-refractivity contribution in [2.45, 2.75) is 18.9 Å². The summed E-state index contributed by atoms with van der Waals surface area (Å²) in [5.41, 5.74) is 1.53. The van der Waals surface area contributed by atoms with Gasteiger partial charge in [0.2, 0.25) is 0 Å². The molecule has 0 aromatic carbocycles. The van der Waals surface area contributed by atoms with E-state index in [1.807, 2.05) is 16.7 Å². The molecule has 2 aromatic rings. The monoisotopic (exact) mass is 218 g/mol. The molecule has 0 amide bonds. The van der Waals surface area contributed by atoms with Gasteiger partial charge in [-0.25, -0.2) is 9.78 Å². The van der Waals surface area contributed by atoms with Crippen molar-refractivity contribution < 1.29 is 0 Å². The van der Waals surface area contributed by atoms with Gasteiger partial charge in [-0.1, -0.05) is 0 Å². The quantitative estimate of drug-likeness (QED) is 0.738. The number of rotatable bonds is 1. The summed E-state index contributed by atoms with van der Waals surface area (Å²) in [5.74, 6) is 0. The Bertz CT molecular complexity index is 550. The Morgan fingerprint density at radius 1 is 1.50 bits per heavy atom. The lowest BCUT2D eigenvalue weighted by molar-refractivity contribution is 0.372. The van der Waals surface area contributed by atoms with E-state index in [4.69, 9.17) is 0 Å². The first-order chi connectivity index (χ1) is 7.86. The summed E-state index contributed by atoms with van der Waals surface area (Å²) in [6, 6.07) is 4.05. The van der Waals surface area contributed by atoms with Crippen molar-refractivity contribution in [3.8, 4) is 0 Å². The molecular formula is C11H14N4O. The Labute approximate surface area is 92.5 Å². The second-order valence-electron chi connectivity index (χ2n) is 4.17. The molecule has 2 N–H and O–H groups in total. The lowest BCUT2D eigenvalue weighted by Gasteiger charge is -2.23. The summed E-state index contributed by atoms with van der Waals surface area (Å²) in [4.78, 5) is 18.8. The zero-order valence-electron chi connectivity index (χ0n) is 8.94. The van der Waals surface area contributed by atoms with E-state index in [2.05, 4.69) is 15.3 Å². The van der Waals surface area contributed by atoms with Crippen LogP contribution in [-0.4, -0.2) is 27.6 Å². The first kappa shape index (κ1) is 9.59. The average molecular weight is 218 g/mol.